The Morgan fingerprint density at radius 3 is 2.83 bits per heavy atom. The second kappa shape index (κ2) is 5.36. The monoisotopic (exact) mass is 257 g/mol. The largest absolute Gasteiger partial charge is 0.236 e. The van der Waals surface area contributed by atoms with Crippen molar-refractivity contribution in [1.29, 1.82) is 5.26 Å². The highest BCUT2D eigenvalue weighted by atomic mass is 32.2. The van der Waals surface area contributed by atoms with Gasteiger partial charge in [0.15, 0.2) is 0 Å². The third-order valence-corrected chi connectivity index (χ3v) is 3.78. The quantitative estimate of drug-likeness (QED) is 0.619. The summed E-state index contributed by atoms with van der Waals surface area (Å²) in [5, 5.41) is 11.1. The van der Waals surface area contributed by atoms with Gasteiger partial charge in [0.25, 0.3) is 0 Å². The van der Waals surface area contributed by atoms with Crippen LogP contribution in [0.1, 0.15) is 20.3 Å². The Morgan fingerprint density at radius 1 is 1.28 bits per heavy atom. The van der Waals surface area contributed by atoms with E-state index in [-0.39, 0.29) is 5.41 Å². The number of rotatable bonds is 4. The second-order valence-corrected chi connectivity index (χ2v) is 5.87. The minimum absolute atomic E-state index is 0.268. The summed E-state index contributed by atoms with van der Waals surface area (Å²) in [6.45, 7) is 3.93. The number of hydrogen-bond acceptors (Lipinski definition) is 4. The summed E-state index contributed by atoms with van der Waals surface area (Å²) in [6.07, 6.45) is 2.45. The van der Waals surface area contributed by atoms with Gasteiger partial charge in [-0.05, 0) is 26.3 Å². The number of aromatic nitrogens is 2. The molecule has 0 spiro atoms. The topological polar surface area (TPSA) is 49.6 Å². The number of benzene rings is 1. The normalized spacial score (nSPS) is 11.4. The van der Waals surface area contributed by atoms with Crippen molar-refractivity contribution in [3.63, 3.8) is 0 Å². The zero-order chi connectivity index (χ0) is 13.0. The van der Waals surface area contributed by atoms with Crippen LogP contribution in [-0.4, -0.2) is 15.7 Å². The lowest BCUT2D eigenvalue weighted by Crippen LogP contribution is -2.08. The van der Waals surface area contributed by atoms with Crippen molar-refractivity contribution in [1.82, 2.24) is 9.97 Å². The van der Waals surface area contributed by atoms with E-state index in [0.29, 0.717) is 0 Å². The molecule has 0 radical (unpaired) electrons. The average Bonchev–Trinajstić information content (AvgIpc) is 2.39. The lowest BCUT2D eigenvalue weighted by atomic mass is 9.93. The average molecular weight is 257 g/mol. The molecule has 18 heavy (non-hydrogen) atoms. The summed E-state index contributed by atoms with van der Waals surface area (Å²) in [7, 11) is 0. The van der Waals surface area contributed by atoms with E-state index < -0.39 is 0 Å². The molecule has 92 valence electrons. The van der Waals surface area contributed by atoms with Crippen LogP contribution < -0.4 is 0 Å². The van der Waals surface area contributed by atoms with E-state index >= 15 is 0 Å². The van der Waals surface area contributed by atoms with Crippen LogP contribution >= 0.6 is 11.8 Å². The van der Waals surface area contributed by atoms with Crippen LogP contribution in [0.5, 0.6) is 0 Å². The van der Waals surface area contributed by atoms with Crippen LogP contribution in [0, 0.1) is 16.7 Å². The van der Waals surface area contributed by atoms with Crippen LogP contribution in [0.4, 0.5) is 0 Å². The first kappa shape index (κ1) is 12.8. The SMILES string of the molecule is CC(C)(C#N)CCSc1ncnc2ccccc12. The molecule has 0 aliphatic rings. The first-order valence-electron chi connectivity index (χ1n) is 5.86. The van der Waals surface area contributed by atoms with Gasteiger partial charge in [0.05, 0.1) is 17.0 Å². The van der Waals surface area contributed by atoms with Gasteiger partial charge in [-0.1, -0.05) is 18.2 Å². The van der Waals surface area contributed by atoms with Crippen molar-refractivity contribution in [2.45, 2.75) is 25.3 Å². The Balaban J connectivity index is 2.11. The Hall–Kier alpha value is -1.60. The fourth-order valence-electron chi connectivity index (χ4n) is 1.55. The van der Waals surface area contributed by atoms with E-state index in [1.165, 1.54) is 0 Å². The molecule has 0 N–H and O–H groups in total. The van der Waals surface area contributed by atoms with E-state index in [1.54, 1.807) is 18.1 Å². The Kier molecular flexibility index (Phi) is 3.83. The van der Waals surface area contributed by atoms with Gasteiger partial charge in [0, 0.05) is 11.1 Å². The van der Waals surface area contributed by atoms with Crippen molar-refractivity contribution >= 4 is 22.7 Å². The summed E-state index contributed by atoms with van der Waals surface area (Å²) >= 11 is 1.69. The highest BCUT2D eigenvalue weighted by Gasteiger charge is 2.16. The molecule has 0 bridgehead atoms. The Labute approximate surface area is 111 Å². The van der Waals surface area contributed by atoms with Crippen molar-refractivity contribution in [2.24, 2.45) is 5.41 Å². The fourth-order valence-corrected chi connectivity index (χ4v) is 2.81. The summed E-state index contributed by atoms with van der Waals surface area (Å²) in [6, 6.07) is 10.3. The standard InChI is InChI=1S/C14H15N3S/c1-14(2,9-15)7-8-18-13-11-5-3-4-6-12(11)16-10-17-13/h3-6,10H,7-8H2,1-2H3. The molecule has 1 aromatic heterocycles. The van der Waals surface area contributed by atoms with Crippen molar-refractivity contribution in [3.8, 4) is 6.07 Å². The maximum Gasteiger partial charge on any atom is 0.117 e. The third-order valence-electron chi connectivity index (χ3n) is 2.77. The summed E-state index contributed by atoms with van der Waals surface area (Å²) in [5.74, 6) is 0.890. The number of hydrogen-bond donors (Lipinski definition) is 0. The fraction of sp³-hybridized carbons (Fsp3) is 0.357. The van der Waals surface area contributed by atoms with Crippen LogP contribution in [0.3, 0.4) is 0 Å². The van der Waals surface area contributed by atoms with Crippen molar-refractivity contribution in [3.05, 3.63) is 30.6 Å². The predicted molar refractivity (Wildman–Crippen MR) is 74.3 cm³/mol. The molecule has 0 fully saturated rings. The molecule has 3 nitrogen and oxygen atoms in total. The zero-order valence-electron chi connectivity index (χ0n) is 10.6. The van der Waals surface area contributed by atoms with Crippen molar-refractivity contribution < 1.29 is 0 Å². The lowest BCUT2D eigenvalue weighted by Gasteiger charge is -2.14. The van der Waals surface area contributed by atoms with Gasteiger partial charge in [-0.3, -0.25) is 0 Å². The van der Waals surface area contributed by atoms with E-state index in [4.69, 9.17) is 5.26 Å². The maximum absolute atomic E-state index is 8.98. The smallest absolute Gasteiger partial charge is 0.117 e. The summed E-state index contributed by atoms with van der Waals surface area (Å²) in [4.78, 5) is 8.56. The van der Waals surface area contributed by atoms with Gasteiger partial charge < -0.3 is 0 Å². The molecule has 0 saturated heterocycles. The van der Waals surface area contributed by atoms with E-state index in [2.05, 4.69) is 16.0 Å². The van der Waals surface area contributed by atoms with Crippen LogP contribution in [-0.2, 0) is 0 Å². The number of thioether (sulfide) groups is 1. The first-order chi connectivity index (χ1) is 8.62. The Bertz CT molecular complexity index is 582. The maximum atomic E-state index is 8.98. The van der Waals surface area contributed by atoms with Crippen molar-refractivity contribution in [2.75, 3.05) is 5.75 Å². The molecule has 1 heterocycles. The molecule has 0 unspecified atom stereocenters. The lowest BCUT2D eigenvalue weighted by molar-refractivity contribution is 0.482. The van der Waals surface area contributed by atoms with Crippen LogP contribution in [0.25, 0.3) is 10.9 Å². The zero-order valence-corrected chi connectivity index (χ0v) is 11.4. The molecule has 2 aromatic rings. The van der Waals surface area contributed by atoms with Gasteiger partial charge in [0.1, 0.15) is 11.4 Å². The molecule has 0 amide bonds. The molecule has 0 saturated carbocycles. The molecular weight excluding hydrogens is 242 g/mol. The van der Waals surface area contributed by atoms with Gasteiger partial charge in [-0.15, -0.1) is 11.8 Å². The molecule has 0 aliphatic heterocycles. The minimum Gasteiger partial charge on any atom is -0.236 e. The second-order valence-electron chi connectivity index (χ2n) is 4.79. The van der Waals surface area contributed by atoms with E-state index in [9.17, 15) is 0 Å². The van der Waals surface area contributed by atoms with Crippen LogP contribution in [0.15, 0.2) is 35.6 Å². The molecule has 0 atom stereocenters. The minimum atomic E-state index is -0.268. The van der Waals surface area contributed by atoms with Gasteiger partial charge in [-0.25, -0.2) is 9.97 Å². The third kappa shape index (κ3) is 2.99. The number of para-hydroxylation sites is 1. The van der Waals surface area contributed by atoms with E-state index in [0.717, 1.165) is 28.1 Å². The molecule has 0 aliphatic carbocycles. The summed E-state index contributed by atoms with van der Waals surface area (Å²) < 4.78 is 0. The molecular formula is C14H15N3S. The highest BCUT2D eigenvalue weighted by molar-refractivity contribution is 7.99. The van der Waals surface area contributed by atoms with Gasteiger partial charge >= 0.3 is 0 Å². The highest BCUT2D eigenvalue weighted by Crippen LogP contribution is 2.28. The number of nitrogens with zero attached hydrogens (tertiary/aromatic N) is 3. The Morgan fingerprint density at radius 2 is 2.06 bits per heavy atom. The molecule has 2 rings (SSSR count). The van der Waals surface area contributed by atoms with Crippen LogP contribution in [0.2, 0.25) is 0 Å². The van der Waals surface area contributed by atoms with Gasteiger partial charge in [0.2, 0.25) is 0 Å². The molecule has 4 heteroatoms. The first-order valence-corrected chi connectivity index (χ1v) is 6.85. The molecule has 1 aromatic carbocycles. The number of fused-ring (bicyclic) bond motifs is 1. The van der Waals surface area contributed by atoms with E-state index in [1.807, 2.05) is 38.1 Å². The summed E-state index contributed by atoms with van der Waals surface area (Å²) in [5.41, 5.74) is 0.699. The predicted octanol–water partition coefficient (Wildman–Crippen LogP) is 3.66. The number of nitriles is 1. The van der Waals surface area contributed by atoms with Gasteiger partial charge in [-0.2, -0.15) is 5.26 Å².